The van der Waals surface area contributed by atoms with Crippen molar-refractivity contribution in [2.24, 2.45) is 0 Å². The molecule has 23 heavy (non-hydrogen) atoms. The lowest BCUT2D eigenvalue weighted by Gasteiger charge is -2.18. The van der Waals surface area contributed by atoms with Gasteiger partial charge in [0.15, 0.2) is 0 Å². The molecule has 0 radical (unpaired) electrons. The molecular formula is C17H21NO4S. The van der Waals surface area contributed by atoms with Crippen LogP contribution in [0.1, 0.15) is 20.8 Å². The van der Waals surface area contributed by atoms with E-state index in [-0.39, 0.29) is 24.6 Å². The molecule has 0 aromatic heterocycles. The summed E-state index contributed by atoms with van der Waals surface area (Å²) in [5, 5.41) is 0. The fourth-order valence-electron chi connectivity index (χ4n) is 1.64. The molecule has 1 aromatic rings. The van der Waals surface area contributed by atoms with Crippen molar-refractivity contribution in [3.8, 4) is 11.8 Å². The lowest BCUT2D eigenvalue weighted by Crippen LogP contribution is -2.32. The van der Waals surface area contributed by atoms with Crippen LogP contribution in [0, 0.1) is 11.8 Å². The number of hydrogen-bond acceptors (Lipinski definition) is 4. The standard InChI is InChI=1S/C17H21NO4S/c1-4-22-17(19)11-8-13-18(14-12-15(2)3)23(20,21)16-9-6-5-7-10-16/h5-7,9-10,12H,4,13-14H2,1-3H3. The first-order valence-electron chi connectivity index (χ1n) is 7.22. The first-order chi connectivity index (χ1) is 10.9. The van der Waals surface area contributed by atoms with Gasteiger partial charge in [0.1, 0.15) is 0 Å². The molecule has 0 aliphatic carbocycles. The topological polar surface area (TPSA) is 63.7 Å². The smallest absolute Gasteiger partial charge is 0.384 e. The summed E-state index contributed by atoms with van der Waals surface area (Å²) in [5.41, 5.74) is 0.997. The van der Waals surface area contributed by atoms with Gasteiger partial charge in [-0.25, -0.2) is 13.2 Å². The number of ether oxygens (including phenoxy) is 1. The van der Waals surface area contributed by atoms with Crippen LogP contribution in [0.3, 0.4) is 0 Å². The van der Waals surface area contributed by atoms with E-state index in [0.29, 0.717) is 0 Å². The Balaban J connectivity index is 3.01. The lowest BCUT2D eigenvalue weighted by molar-refractivity contribution is -0.136. The minimum absolute atomic E-state index is 0.0835. The van der Waals surface area contributed by atoms with Crippen LogP contribution in [0.15, 0.2) is 46.9 Å². The van der Waals surface area contributed by atoms with E-state index in [4.69, 9.17) is 4.74 Å². The molecule has 0 unspecified atom stereocenters. The van der Waals surface area contributed by atoms with Gasteiger partial charge in [0.05, 0.1) is 18.0 Å². The van der Waals surface area contributed by atoms with E-state index < -0.39 is 16.0 Å². The van der Waals surface area contributed by atoms with Gasteiger partial charge >= 0.3 is 5.97 Å². The van der Waals surface area contributed by atoms with Crippen molar-refractivity contribution < 1.29 is 17.9 Å². The van der Waals surface area contributed by atoms with Crippen molar-refractivity contribution in [1.82, 2.24) is 4.31 Å². The van der Waals surface area contributed by atoms with Crippen molar-refractivity contribution in [3.63, 3.8) is 0 Å². The summed E-state index contributed by atoms with van der Waals surface area (Å²) in [7, 11) is -3.67. The average Bonchev–Trinajstić information content (AvgIpc) is 2.51. The molecule has 0 N–H and O–H groups in total. The summed E-state index contributed by atoms with van der Waals surface area (Å²) in [6, 6.07) is 8.14. The molecule has 0 bridgehead atoms. The third-order valence-electron chi connectivity index (χ3n) is 2.81. The van der Waals surface area contributed by atoms with E-state index in [1.54, 1.807) is 31.2 Å². The van der Waals surface area contributed by atoms with E-state index in [2.05, 4.69) is 11.8 Å². The first kappa shape index (κ1) is 18.9. The summed E-state index contributed by atoms with van der Waals surface area (Å²) in [4.78, 5) is 11.4. The third-order valence-corrected chi connectivity index (χ3v) is 4.63. The average molecular weight is 335 g/mol. The number of hydrogen-bond donors (Lipinski definition) is 0. The Kier molecular flexibility index (Phi) is 7.52. The molecular weight excluding hydrogens is 314 g/mol. The molecule has 0 aliphatic heterocycles. The molecule has 124 valence electrons. The van der Waals surface area contributed by atoms with Gasteiger partial charge < -0.3 is 4.74 Å². The molecule has 0 amide bonds. The predicted molar refractivity (Wildman–Crippen MR) is 89.0 cm³/mol. The Morgan fingerprint density at radius 2 is 1.91 bits per heavy atom. The summed E-state index contributed by atoms with van der Waals surface area (Å²) < 4.78 is 31.2. The highest BCUT2D eigenvalue weighted by molar-refractivity contribution is 7.89. The van der Waals surface area contributed by atoms with Crippen LogP contribution in [-0.4, -0.2) is 38.4 Å². The summed E-state index contributed by atoms with van der Waals surface area (Å²) in [6.45, 7) is 5.80. The zero-order valence-electron chi connectivity index (χ0n) is 13.6. The predicted octanol–water partition coefficient (Wildman–Crippen LogP) is 2.21. The van der Waals surface area contributed by atoms with Crippen molar-refractivity contribution in [3.05, 3.63) is 42.0 Å². The van der Waals surface area contributed by atoms with Gasteiger partial charge in [0.2, 0.25) is 10.0 Å². The van der Waals surface area contributed by atoms with Crippen molar-refractivity contribution >= 4 is 16.0 Å². The molecule has 5 nitrogen and oxygen atoms in total. The Labute approximate surface area is 138 Å². The third kappa shape index (κ3) is 6.27. The van der Waals surface area contributed by atoms with E-state index in [0.717, 1.165) is 5.57 Å². The molecule has 0 saturated carbocycles. The van der Waals surface area contributed by atoms with Gasteiger partial charge in [-0.2, -0.15) is 4.31 Å². The van der Waals surface area contributed by atoms with Crippen LogP contribution in [0.5, 0.6) is 0 Å². The molecule has 0 spiro atoms. The van der Waals surface area contributed by atoms with E-state index in [9.17, 15) is 13.2 Å². The van der Waals surface area contributed by atoms with Crippen molar-refractivity contribution in [2.45, 2.75) is 25.7 Å². The van der Waals surface area contributed by atoms with Crippen LogP contribution in [0.2, 0.25) is 0 Å². The summed E-state index contributed by atoms with van der Waals surface area (Å²) >= 11 is 0. The molecule has 0 fully saturated rings. The number of allylic oxidation sites excluding steroid dienone is 1. The van der Waals surface area contributed by atoms with Crippen LogP contribution < -0.4 is 0 Å². The molecule has 1 rings (SSSR count). The molecule has 0 saturated heterocycles. The van der Waals surface area contributed by atoms with Crippen LogP contribution in [0.25, 0.3) is 0 Å². The maximum Gasteiger partial charge on any atom is 0.384 e. The van der Waals surface area contributed by atoms with E-state index >= 15 is 0 Å². The first-order valence-corrected chi connectivity index (χ1v) is 8.66. The number of nitrogens with zero attached hydrogens (tertiary/aromatic N) is 1. The van der Waals surface area contributed by atoms with Crippen LogP contribution in [0.4, 0.5) is 0 Å². The van der Waals surface area contributed by atoms with Crippen molar-refractivity contribution in [1.29, 1.82) is 0 Å². The maximum atomic E-state index is 12.7. The number of esters is 1. The quantitative estimate of drug-likeness (QED) is 0.346. The molecule has 0 aliphatic rings. The largest absolute Gasteiger partial charge is 0.456 e. The lowest BCUT2D eigenvalue weighted by atomic mass is 10.3. The van der Waals surface area contributed by atoms with Gasteiger partial charge in [0.25, 0.3) is 0 Å². The van der Waals surface area contributed by atoms with Gasteiger partial charge in [-0.3, -0.25) is 0 Å². The Hall–Kier alpha value is -2.10. The van der Waals surface area contributed by atoms with Gasteiger partial charge in [-0.15, -0.1) is 0 Å². The van der Waals surface area contributed by atoms with E-state index in [1.807, 2.05) is 13.8 Å². The number of rotatable bonds is 6. The monoisotopic (exact) mass is 335 g/mol. The van der Waals surface area contributed by atoms with Crippen LogP contribution in [-0.2, 0) is 19.6 Å². The highest BCUT2D eigenvalue weighted by Gasteiger charge is 2.22. The second-order valence-electron chi connectivity index (χ2n) is 4.91. The Morgan fingerprint density at radius 1 is 1.26 bits per heavy atom. The zero-order chi connectivity index (χ0) is 17.3. The Bertz CT molecular complexity index is 708. The minimum atomic E-state index is -3.67. The zero-order valence-corrected chi connectivity index (χ0v) is 14.4. The summed E-state index contributed by atoms with van der Waals surface area (Å²) in [5.74, 6) is 4.19. The summed E-state index contributed by atoms with van der Waals surface area (Å²) in [6.07, 6.45) is 1.80. The van der Waals surface area contributed by atoms with Gasteiger partial charge in [-0.1, -0.05) is 35.8 Å². The van der Waals surface area contributed by atoms with E-state index in [1.165, 1.54) is 16.4 Å². The molecule has 1 aromatic carbocycles. The maximum absolute atomic E-state index is 12.7. The fourth-order valence-corrected chi connectivity index (χ4v) is 2.95. The number of carbonyl (C=O) groups is 1. The molecule has 0 atom stereocenters. The number of sulfonamides is 1. The van der Waals surface area contributed by atoms with Crippen molar-refractivity contribution in [2.75, 3.05) is 19.7 Å². The van der Waals surface area contributed by atoms with Gasteiger partial charge in [0, 0.05) is 12.5 Å². The molecule has 0 heterocycles. The normalized spacial score (nSPS) is 10.6. The second kappa shape index (κ2) is 9.13. The van der Waals surface area contributed by atoms with Gasteiger partial charge in [-0.05, 0) is 32.9 Å². The second-order valence-corrected chi connectivity index (χ2v) is 6.85. The Morgan fingerprint density at radius 3 is 2.48 bits per heavy atom. The molecule has 6 heteroatoms. The number of benzene rings is 1. The highest BCUT2D eigenvalue weighted by atomic mass is 32.2. The minimum Gasteiger partial charge on any atom is -0.456 e. The SMILES string of the molecule is CCOC(=O)C#CCN(CC=C(C)C)S(=O)(=O)c1ccccc1. The highest BCUT2D eigenvalue weighted by Crippen LogP contribution is 2.15. The number of carbonyl (C=O) groups excluding carboxylic acids is 1. The fraction of sp³-hybridized carbons (Fsp3) is 0.353. The van der Waals surface area contributed by atoms with Crippen LogP contribution >= 0.6 is 0 Å².